The van der Waals surface area contributed by atoms with Crippen LogP contribution >= 0.6 is 0 Å². The molecule has 0 spiro atoms. The molecule has 0 aromatic heterocycles. The van der Waals surface area contributed by atoms with Crippen molar-refractivity contribution in [2.75, 3.05) is 0 Å². The number of halogens is 3. The molecule has 0 heterocycles. The minimum atomic E-state index is -4.40. The van der Waals surface area contributed by atoms with Crippen molar-refractivity contribution >= 4 is 11.4 Å². The summed E-state index contributed by atoms with van der Waals surface area (Å²) in [6.45, 7) is 2.80. The summed E-state index contributed by atoms with van der Waals surface area (Å²) in [4.78, 5) is 10.8. The number of ketones is 1. The van der Waals surface area contributed by atoms with Gasteiger partial charge in [0, 0.05) is 0 Å². The Hall–Kier alpha value is -1.58. The van der Waals surface area contributed by atoms with Crippen molar-refractivity contribution in [1.82, 2.24) is 0 Å². The molecule has 0 unspecified atom stereocenters. The highest BCUT2D eigenvalue weighted by Gasteiger charge is 2.33. The van der Waals surface area contributed by atoms with Crippen molar-refractivity contribution in [3.8, 4) is 0 Å². The summed E-state index contributed by atoms with van der Waals surface area (Å²) >= 11 is 0. The largest absolute Gasteiger partial charge is 0.416 e. The minimum Gasteiger partial charge on any atom is -0.295 e. The SMILES string of the molecule is CC(=O)/C=C(\C)c1ccccc1C(F)(F)F. The van der Waals surface area contributed by atoms with E-state index in [1.807, 2.05) is 0 Å². The summed E-state index contributed by atoms with van der Waals surface area (Å²) in [7, 11) is 0. The molecule has 0 saturated carbocycles. The number of carbonyl (C=O) groups excluding carboxylic acids is 1. The molecule has 0 bridgehead atoms. The van der Waals surface area contributed by atoms with Crippen LogP contribution in [0.1, 0.15) is 25.0 Å². The van der Waals surface area contributed by atoms with Gasteiger partial charge in [0.1, 0.15) is 0 Å². The first-order valence-electron chi connectivity index (χ1n) is 4.68. The fourth-order valence-electron chi connectivity index (χ4n) is 1.46. The normalized spacial score (nSPS) is 12.7. The van der Waals surface area contributed by atoms with Crippen LogP contribution in [-0.2, 0) is 11.0 Å². The molecule has 0 aliphatic carbocycles. The molecule has 0 saturated heterocycles. The Balaban J connectivity index is 3.29. The zero-order valence-corrected chi connectivity index (χ0v) is 8.93. The fraction of sp³-hybridized carbons (Fsp3) is 0.250. The fourth-order valence-corrected chi connectivity index (χ4v) is 1.46. The van der Waals surface area contributed by atoms with E-state index in [4.69, 9.17) is 0 Å². The third-order valence-electron chi connectivity index (χ3n) is 2.08. The number of allylic oxidation sites excluding steroid dienone is 2. The molecule has 16 heavy (non-hydrogen) atoms. The van der Waals surface area contributed by atoms with Gasteiger partial charge in [-0.3, -0.25) is 4.79 Å². The monoisotopic (exact) mass is 228 g/mol. The maximum atomic E-state index is 12.6. The summed E-state index contributed by atoms with van der Waals surface area (Å²) < 4.78 is 37.9. The van der Waals surface area contributed by atoms with Gasteiger partial charge in [-0.15, -0.1) is 0 Å². The van der Waals surface area contributed by atoms with Crippen LogP contribution in [-0.4, -0.2) is 5.78 Å². The van der Waals surface area contributed by atoms with E-state index < -0.39 is 11.7 Å². The number of benzene rings is 1. The van der Waals surface area contributed by atoms with Crippen LogP contribution < -0.4 is 0 Å². The van der Waals surface area contributed by atoms with Crippen LogP contribution in [0.15, 0.2) is 30.3 Å². The molecule has 0 N–H and O–H groups in total. The van der Waals surface area contributed by atoms with E-state index in [9.17, 15) is 18.0 Å². The standard InChI is InChI=1S/C12H11F3O/c1-8(7-9(2)16)10-5-3-4-6-11(10)12(13,14)15/h3-7H,1-2H3/b8-7+. The molecule has 0 radical (unpaired) electrons. The second-order valence-electron chi connectivity index (χ2n) is 3.48. The third-order valence-corrected chi connectivity index (χ3v) is 2.08. The summed E-state index contributed by atoms with van der Waals surface area (Å²) in [5, 5.41) is 0. The number of rotatable bonds is 2. The van der Waals surface area contributed by atoms with Crippen molar-refractivity contribution in [2.45, 2.75) is 20.0 Å². The Morgan fingerprint density at radius 1 is 1.19 bits per heavy atom. The Morgan fingerprint density at radius 3 is 2.25 bits per heavy atom. The van der Waals surface area contributed by atoms with Gasteiger partial charge in [0.15, 0.2) is 5.78 Å². The molecular formula is C12H11F3O. The number of hydrogen-bond donors (Lipinski definition) is 0. The van der Waals surface area contributed by atoms with Crippen LogP contribution in [0, 0.1) is 0 Å². The molecule has 0 fully saturated rings. The minimum absolute atomic E-state index is 0.0465. The van der Waals surface area contributed by atoms with Crippen molar-refractivity contribution < 1.29 is 18.0 Å². The average Bonchev–Trinajstić information content (AvgIpc) is 2.15. The summed E-state index contributed by atoms with van der Waals surface area (Å²) in [6.07, 6.45) is -3.20. The van der Waals surface area contributed by atoms with Crippen LogP contribution in [0.25, 0.3) is 5.57 Å². The predicted molar refractivity (Wildman–Crippen MR) is 55.8 cm³/mol. The van der Waals surface area contributed by atoms with Gasteiger partial charge in [-0.1, -0.05) is 18.2 Å². The molecule has 1 nitrogen and oxygen atoms in total. The molecule has 1 rings (SSSR count). The van der Waals surface area contributed by atoms with E-state index in [1.54, 1.807) is 0 Å². The van der Waals surface area contributed by atoms with Crippen molar-refractivity contribution in [2.24, 2.45) is 0 Å². The summed E-state index contributed by atoms with van der Waals surface area (Å²) in [6, 6.07) is 5.21. The maximum absolute atomic E-state index is 12.6. The molecule has 0 aliphatic heterocycles. The summed E-state index contributed by atoms with van der Waals surface area (Å²) in [5.41, 5.74) is -0.351. The maximum Gasteiger partial charge on any atom is 0.416 e. The highest BCUT2D eigenvalue weighted by molar-refractivity contribution is 5.95. The molecule has 4 heteroatoms. The average molecular weight is 228 g/mol. The van der Waals surface area contributed by atoms with Gasteiger partial charge in [0.25, 0.3) is 0 Å². The van der Waals surface area contributed by atoms with Gasteiger partial charge >= 0.3 is 6.18 Å². The zero-order valence-electron chi connectivity index (χ0n) is 8.93. The second kappa shape index (κ2) is 4.51. The van der Waals surface area contributed by atoms with Gasteiger partial charge in [-0.25, -0.2) is 0 Å². The van der Waals surface area contributed by atoms with Gasteiger partial charge in [-0.05, 0) is 37.1 Å². The highest BCUT2D eigenvalue weighted by atomic mass is 19.4. The van der Waals surface area contributed by atoms with Gasteiger partial charge in [-0.2, -0.15) is 13.2 Å². The smallest absolute Gasteiger partial charge is 0.295 e. The molecular weight excluding hydrogens is 217 g/mol. The molecule has 1 aromatic rings. The van der Waals surface area contributed by atoms with Gasteiger partial charge in [0.05, 0.1) is 5.56 Å². The van der Waals surface area contributed by atoms with Crippen molar-refractivity contribution in [3.05, 3.63) is 41.5 Å². The third kappa shape index (κ3) is 2.95. The second-order valence-corrected chi connectivity index (χ2v) is 3.48. The molecule has 1 aromatic carbocycles. The first kappa shape index (κ1) is 12.5. The Kier molecular flexibility index (Phi) is 3.52. The van der Waals surface area contributed by atoms with E-state index >= 15 is 0 Å². The molecule has 0 aliphatic rings. The van der Waals surface area contributed by atoms with Crippen LogP contribution in [0.2, 0.25) is 0 Å². The number of hydrogen-bond acceptors (Lipinski definition) is 1. The van der Waals surface area contributed by atoms with Crippen molar-refractivity contribution in [1.29, 1.82) is 0 Å². The predicted octanol–water partition coefficient (Wildman–Crippen LogP) is 3.70. The lowest BCUT2D eigenvalue weighted by Crippen LogP contribution is -2.08. The lowest BCUT2D eigenvalue weighted by Gasteiger charge is -2.12. The zero-order chi connectivity index (χ0) is 12.3. The van der Waals surface area contributed by atoms with E-state index in [2.05, 4.69) is 0 Å². The topological polar surface area (TPSA) is 17.1 Å². The lowest BCUT2D eigenvalue weighted by atomic mass is 9.99. The number of alkyl halides is 3. The van der Waals surface area contributed by atoms with Crippen LogP contribution in [0.3, 0.4) is 0 Å². The highest BCUT2D eigenvalue weighted by Crippen LogP contribution is 2.34. The first-order valence-corrected chi connectivity index (χ1v) is 4.68. The van der Waals surface area contributed by atoms with E-state index in [-0.39, 0.29) is 11.3 Å². The Labute approximate surface area is 91.6 Å². The lowest BCUT2D eigenvalue weighted by molar-refractivity contribution is -0.137. The van der Waals surface area contributed by atoms with E-state index in [0.717, 1.165) is 6.07 Å². The Morgan fingerprint density at radius 2 is 1.75 bits per heavy atom. The molecule has 86 valence electrons. The summed E-state index contributed by atoms with van der Waals surface area (Å²) in [5.74, 6) is -0.269. The van der Waals surface area contributed by atoms with Crippen LogP contribution in [0.5, 0.6) is 0 Å². The Bertz CT molecular complexity index is 430. The van der Waals surface area contributed by atoms with Gasteiger partial charge < -0.3 is 0 Å². The number of carbonyl (C=O) groups is 1. The van der Waals surface area contributed by atoms with Gasteiger partial charge in [0.2, 0.25) is 0 Å². The van der Waals surface area contributed by atoms with Crippen molar-refractivity contribution in [3.63, 3.8) is 0 Å². The van der Waals surface area contributed by atoms with E-state index in [1.165, 1.54) is 38.1 Å². The van der Waals surface area contributed by atoms with Crippen LogP contribution in [0.4, 0.5) is 13.2 Å². The first-order chi connectivity index (χ1) is 7.32. The quantitative estimate of drug-likeness (QED) is 0.705. The molecule has 0 amide bonds. The van der Waals surface area contributed by atoms with E-state index in [0.29, 0.717) is 5.57 Å². The molecule has 0 atom stereocenters.